The average Bonchev–Trinajstić information content (AvgIpc) is 3.69. The molecule has 1 unspecified atom stereocenters. The number of benzene rings is 7. The van der Waals surface area contributed by atoms with Crippen LogP contribution in [0.15, 0.2) is 182 Å². The number of nitrogens with one attached hydrogen (secondary N) is 1. The van der Waals surface area contributed by atoms with Crippen LogP contribution in [0.5, 0.6) is 0 Å². The van der Waals surface area contributed by atoms with Crippen molar-refractivity contribution in [3.8, 4) is 28.1 Å². The molecule has 232 valence electrons. The van der Waals surface area contributed by atoms with Gasteiger partial charge >= 0.3 is 0 Å². The van der Waals surface area contributed by atoms with Crippen LogP contribution in [0.4, 0.5) is 34.1 Å². The first kappa shape index (κ1) is 27.6. The highest BCUT2D eigenvalue weighted by molar-refractivity contribution is 6.13. The van der Waals surface area contributed by atoms with E-state index in [-0.39, 0.29) is 6.17 Å². The molecule has 49 heavy (non-hydrogen) atoms. The number of hydrogen-bond donors (Lipinski definition) is 1. The Hall–Kier alpha value is -6.52. The van der Waals surface area contributed by atoms with Gasteiger partial charge in [-0.15, -0.1) is 0 Å². The minimum absolute atomic E-state index is 0.00619. The lowest BCUT2D eigenvalue weighted by Crippen LogP contribution is -2.23. The molecular formula is C45H32N4. The third-order valence-corrected chi connectivity index (χ3v) is 9.92. The Morgan fingerprint density at radius 3 is 1.82 bits per heavy atom. The third kappa shape index (κ3) is 4.24. The van der Waals surface area contributed by atoms with E-state index in [1.807, 2.05) is 0 Å². The SMILES string of the molecule is c1ccc(C2Nc3ccccc3N2c2ccc(N3c4ccccc4-c4ccccc4-c4c3c3ccccc3n4-c3ccccc3)cc2)cc1. The van der Waals surface area contributed by atoms with Crippen molar-refractivity contribution in [3.63, 3.8) is 0 Å². The minimum Gasteiger partial charge on any atom is -0.359 e. The largest absolute Gasteiger partial charge is 0.359 e. The molecule has 0 spiro atoms. The van der Waals surface area contributed by atoms with E-state index in [0.717, 1.165) is 28.4 Å². The Morgan fingerprint density at radius 1 is 0.429 bits per heavy atom. The van der Waals surface area contributed by atoms with Gasteiger partial charge in [-0.25, -0.2) is 0 Å². The standard InChI is InChI=1S/C45H32N4/c1-3-15-31(16-4-1)45-46-39-23-11-14-26-42(39)49(45)34-29-27-33(28-30-34)48-40-24-12-9-20-36(40)35-19-7-8-21-37(35)43-44(48)38-22-10-13-25-41(38)47(43)32-17-5-2-6-18-32/h1-30,45-46H. The van der Waals surface area contributed by atoms with Crippen LogP contribution in [0.2, 0.25) is 0 Å². The van der Waals surface area contributed by atoms with E-state index in [1.54, 1.807) is 0 Å². The van der Waals surface area contributed by atoms with E-state index in [2.05, 4.69) is 202 Å². The van der Waals surface area contributed by atoms with Gasteiger partial charge < -0.3 is 19.7 Å². The number of rotatable bonds is 4. The van der Waals surface area contributed by atoms with Crippen molar-refractivity contribution in [2.75, 3.05) is 15.1 Å². The zero-order chi connectivity index (χ0) is 32.3. The molecule has 4 nitrogen and oxygen atoms in total. The predicted molar refractivity (Wildman–Crippen MR) is 204 cm³/mol. The second kappa shape index (κ2) is 11.0. The summed E-state index contributed by atoms with van der Waals surface area (Å²) in [5.41, 5.74) is 15.3. The van der Waals surface area contributed by atoms with E-state index in [1.165, 1.54) is 50.2 Å². The molecule has 0 bridgehead atoms. The molecule has 2 aliphatic rings. The molecule has 4 heteroatoms. The van der Waals surface area contributed by atoms with Crippen LogP contribution in [-0.4, -0.2) is 4.57 Å². The second-order valence-corrected chi connectivity index (χ2v) is 12.6. The number of hydrogen-bond acceptors (Lipinski definition) is 3. The van der Waals surface area contributed by atoms with Gasteiger partial charge in [-0.05, 0) is 71.8 Å². The fraction of sp³-hybridized carbons (Fsp3) is 0.0222. The Bertz CT molecular complexity index is 2480. The first-order valence-electron chi connectivity index (χ1n) is 16.8. The van der Waals surface area contributed by atoms with Crippen LogP contribution < -0.4 is 15.1 Å². The van der Waals surface area contributed by atoms with E-state index in [4.69, 9.17) is 0 Å². The summed E-state index contributed by atoms with van der Waals surface area (Å²) >= 11 is 0. The number of nitrogens with zero attached hydrogens (tertiary/aromatic N) is 3. The van der Waals surface area contributed by atoms with Crippen LogP contribution in [0.3, 0.4) is 0 Å². The van der Waals surface area contributed by atoms with Gasteiger partial charge in [0.2, 0.25) is 0 Å². The maximum atomic E-state index is 3.77. The first-order valence-corrected chi connectivity index (χ1v) is 16.8. The molecule has 2 aliphatic heterocycles. The van der Waals surface area contributed by atoms with E-state index in [0.29, 0.717) is 0 Å². The van der Waals surface area contributed by atoms with Gasteiger partial charge in [0.15, 0.2) is 0 Å². The lowest BCUT2D eigenvalue weighted by molar-refractivity contribution is 0.828. The lowest BCUT2D eigenvalue weighted by Gasteiger charge is -2.29. The summed E-state index contributed by atoms with van der Waals surface area (Å²) in [7, 11) is 0. The van der Waals surface area contributed by atoms with Crippen LogP contribution in [-0.2, 0) is 0 Å². The predicted octanol–water partition coefficient (Wildman–Crippen LogP) is 12.0. The molecule has 1 aromatic heterocycles. The third-order valence-electron chi connectivity index (χ3n) is 9.92. The molecule has 10 rings (SSSR count). The summed E-state index contributed by atoms with van der Waals surface area (Å²) in [5, 5.41) is 4.98. The zero-order valence-corrected chi connectivity index (χ0v) is 26.7. The molecule has 7 aromatic carbocycles. The highest BCUT2D eigenvalue weighted by Crippen LogP contribution is 2.55. The highest BCUT2D eigenvalue weighted by Gasteiger charge is 2.33. The molecule has 0 saturated heterocycles. The minimum atomic E-state index is -0.00619. The molecule has 3 heterocycles. The van der Waals surface area contributed by atoms with Gasteiger partial charge in [0.05, 0.1) is 34.0 Å². The summed E-state index contributed by atoms with van der Waals surface area (Å²) in [6.45, 7) is 0. The van der Waals surface area contributed by atoms with Crippen LogP contribution >= 0.6 is 0 Å². The molecule has 1 atom stereocenters. The van der Waals surface area contributed by atoms with Crippen molar-refractivity contribution in [1.29, 1.82) is 0 Å². The van der Waals surface area contributed by atoms with Crippen molar-refractivity contribution in [2.45, 2.75) is 6.17 Å². The van der Waals surface area contributed by atoms with Gasteiger partial charge in [0.25, 0.3) is 0 Å². The Morgan fingerprint density at radius 2 is 1.02 bits per heavy atom. The second-order valence-electron chi connectivity index (χ2n) is 12.6. The molecule has 8 aromatic rings. The maximum Gasteiger partial charge on any atom is 0.130 e. The summed E-state index contributed by atoms with van der Waals surface area (Å²) in [4.78, 5) is 4.88. The summed E-state index contributed by atoms with van der Waals surface area (Å²) in [6.07, 6.45) is -0.00619. The van der Waals surface area contributed by atoms with E-state index in [9.17, 15) is 0 Å². The average molecular weight is 629 g/mol. The smallest absolute Gasteiger partial charge is 0.130 e. The van der Waals surface area contributed by atoms with E-state index < -0.39 is 0 Å². The molecule has 0 saturated carbocycles. The Kier molecular flexibility index (Phi) is 6.21. The van der Waals surface area contributed by atoms with Crippen molar-refractivity contribution in [2.24, 2.45) is 0 Å². The van der Waals surface area contributed by atoms with Gasteiger partial charge in [-0.3, -0.25) is 0 Å². The van der Waals surface area contributed by atoms with Crippen LogP contribution in [0.1, 0.15) is 11.7 Å². The molecule has 0 amide bonds. The number of para-hydroxylation sites is 5. The van der Waals surface area contributed by atoms with E-state index >= 15 is 0 Å². The zero-order valence-electron chi connectivity index (χ0n) is 26.7. The number of aromatic nitrogens is 1. The van der Waals surface area contributed by atoms with Gasteiger partial charge in [0.1, 0.15) is 6.17 Å². The highest BCUT2D eigenvalue weighted by atomic mass is 15.3. The maximum absolute atomic E-state index is 3.77. The normalized spacial score (nSPS) is 14.4. The van der Waals surface area contributed by atoms with Crippen molar-refractivity contribution in [1.82, 2.24) is 4.57 Å². The Labute approximate surface area is 285 Å². The number of anilines is 6. The fourth-order valence-electron chi connectivity index (χ4n) is 7.83. The molecule has 0 aliphatic carbocycles. The summed E-state index contributed by atoms with van der Waals surface area (Å²) in [6, 6.07) is 65.6. The molecule has 0 fully saturated rings. The van der Waals surface area contributed by atoms with Crippen LogP contribution in [0, 0.1) is 0 Å². The summed E-state index contributed by atoms with van der Waals surface area (Å²) in [5.74, 6) is 0. The molecule has 1 N–H and O–H groups in total. The lowest BCUT2D eigenvalue weighted by atomic mass is 9.97. The quantitative estimate of drug-likeness (QED) is 0.210. The Balaban J connectivity index is 1.21. The summed E-state index contributed by atoms with van der Waals surface area (Å²) < 4.78 is 2.44. The van der Waals surface area contributed by atoms with Crippen molar-refractivity contribution >= 4 is 45.0 Å². The fourth-order valence-corrected chi connectivity index (χ4v) is 7.83. The van der Waals surface area contributed by atoms with Crippen LogP contribution in [0.25, 0.3) is 39.0 Å². The van der Waals surface area contributed by atoms with Gasteiger partial charge in [0, 0.05) is 33.6 Å². The molecule has 0 radical (unpaired) electrons. The van der Waals surface area contributed by atoms with Crippen molar-refractivity contribution in [3.05, 3.63) is 188 Å². The monoisotopic (exact) mass is 628 g/mol. The van der Waals surface area contributed by atoms with Gasteiger partial charge in [-0.2, -0.15) is 0 Å². The first-order chi connectivity index (χ1) is 24.3. The number of fused-ring (bicyclic) bond motifs is 8. The van der Waals surface area contributed by atoms with Crippen molar-refractivity contribution < 1.29 is 0 Å². The van der Waals surface area contributed by atoms with Gasteiger partial charge in [-0.1, -0.05) is 121 Å². The topological polar surface area (TPSA) is 23.4 Å². The molecular weight excluding hydrogens is 597 g/mol.